The molecule has 1 heterocycles. The second-order valence-corrected chi connectivity index (χ2v) is 6.38. The summed E-state index contributed by atoms with van der Waals surface area (Å²) in [4.78, 5) is 7.93. The maximum atomic E-state index is 15.0. The number of phenolic OH excluding ortho intramolecular Hbond substituents is 1. The molecule has 0 unspecified atom stereocenters. The summed E-state index contributed by atoms with van der Waals surface area (Å²) in [7, 11) is 0. The molecule has 1 N–H and O–H groups in total. The van der Waals surface area contributed by atoms with Gasteiger partial charge in [-0.05, 0) is 30.0 Å². The van der Waals surface area contributed by atoms with Crippen LogP contribution in [0.2, 0.25) is 5.02 Å². The summed E-state index contributed by atoms with van der Waals surface area (Å²) in [6.45, 7) is 3.99. The minimum atomic E-state index is -0.773. The first-order chi connectivity index (χ1) is 11.4. The Kier molecular flexibility index (Phi) is 4.37. The maximum absolute atomic E-state index is 15.0. The summed E-state index contributed by atoms with van der Waals surface area (Å²) in [6.07, 6.45) is 3.27. The first-order valence-corrected chi connectivity index (χ1v) is 7.87. The summed E-state index contributed by atoms with van der Waals surface area (Å²) < 4.78 is 29.3. The van der Waals surface area contributed by atoms with E-state index in [1.54, 1.807) is 0 Å². The van der Waals surface area contributed by atoms with Gasteiger partial charge >= 0.3 is 0 Å². The Morgan fingerprint density at radius 2 is 1.96 bits per heavy atom. The van der Waals surface area contributed by atoms with Crippen LogP contribution in [0, 0.1) is 17.6 Å². The number of rotatable bonds is 3. The molecule has 0 saturated heterocycles. The van der Waals surface area contributed by atoms with Crippen LogP contribution in [0.5, 0.6) is 5.75 Å². The Morgan fingerprint density at radius 3 is 2.62 bits per heavy atom. The predicted molar refractivity (Wildman–Crippen MR) is 90.1 cm³/mol. The van der Waals surface area contributed by atoms with Gasteiger partial charge in [-0.15, -0.1) is 0 Å². The first-order valence-electron chi connectivity index (χ1n) is 7.49. The smallest absolute Gasteiger partial charge is 0.159 e. The van der Waals surface area contributed by atoms with Gasteiger partial charge in [-0.3, -0.25) is 0 Å². The van der Waals surface area contributed by atoms with Crippen molar-refractivity contribution in [1.29, 1.82) is 0 Å². The minimum absolute atomic E-state index is 0.0581. The standard InChI is InChI=1S/C18H15ClF2N2O/c1-9(2)6-10-11-7-22-8-23-18(11)17(21)15(16(10)19)14-12(20)4-3-5-13(14)24/h3-5,7-9,24H,6H2,1-2H3. The van der Waals surface area contributed by atoms with Gasteiger partial charge in [-0.25, -0.2) is 18.7 Å². The van der Waals surface area contributed by atoms with Crippen molar-refractivity contribution in [3.8, 4) is 16.9 Å². The van der Waals surface area contributed by atoms with E-state index in [4.69, 9.17) is 11.6 Å². The summed E-state index contributed by atoms with van der Waals surface area (Å²) in [5.74, 6) is -1.66. The fraction of sp³-hybridized carbons (Fsp3) is 0.222. The molecule has 3 rings (SSSR count). The third-order valence-electron chi connectivity index (χ3n) is 3.80. The fourth-order valence-electron chi connectivity index (χ4n) is 2.80. The Balaban J connectivity index is 2.45. The van der Waals surface area contributed by atoms with Gasteiger partial charge in [0.1, 0.15) is 23.4 Å². The zero-order valence-corrected chi connectivity index (χ0v) is 13.9. The number of aromatic nitrogens is 2. The van der Waals surface area contributed by atoms with Gasteiger partial charge < -0.3 is 5.11 Å². The van der Waals surface area contributed by atoms with Gasteiger partial charge in [-0.1, -0.05) is 31.5 Å². The Morgan fingerprint density at radius 1 is 1.21 bits per heavy atom. The van der Waals surface area contributed by atoms with Gasteiger partial charge in [0.15, 0.2) is 5.82 Å². The van der Waals surface area contributed by atoms with Crippen molar-refractivity contribution in [2.24, 2.45) is 5.92 Å². The highest BCUT2D eigenvalue weighted by molar-refractivity contribution is 6.35. The molecule has 0 aliphatic carbocycles. The monoisotopic (exact) mass is 348 g/mol. The van der Waals surface area contributed by atoms with E-state index in [2.05, 4.69) is 9.97 Å². The molecule has 3 nitrogen and oxygen atoms in total. The highest BCUT2D eigenvalue weighted by atomic mass is 35.5. The van der Waals surface area contributed by atoms with E-state index < -0.39 is 11.6 Å². The summed E-state index contributed by atoms with van der Waals surface area (Å²) in [5.41, 5.74) is 0.267. The van der Waals surface area contributed by atoms with Gasteiger partial charge in [0.05, 0.1) is 10.6 Å². The number of benzene rings is 2. The molecule has 0 saturated carbocycles. The molecule has 0 fully saturated rings. The molecule has 1 aromatic heterocycles. The maximum Gasteiger partial charge on any atom is 0.159 e. The Hall–Kier alpha value is -2.27. The molecule has 0 spiro atoms. The topological polar surface area (TPSA) is 46.0 Å². The number of fused-ring (bicyclic) bond motifs is 1. The molecular weight excluding hydrogens is 334 g/mol. The molecule has 0 amide bonds. The number of halogens is 3. The molecular formula is C18H15ClF2N2O. The molecule has 3 aromatic rings. The zero-order chi connectivity index (χ0) is 17.4. The molecule has 0 atom stereocenters. The van der Waals surface area contributed by atoms with Crippen LogP contribution >= 0.6 is 11.6 Å². The third-order valence-corrected chi connectivity index (χ3v) is 4.22. The average Bonchev–Trinajstić information content (AvgIpc) is 2.54. The largest absolute Gasteiger partial charge is 0.507 e. The molecule has 0 radical (unpaired) electrons. The summed E-state index contributed by atoms with van der Waals surface area (Å²) in [5, 5.41) is 10.6. The van der Waals surface area contributed by atoms with E-state index in [-0.39, 0.29) is 33.3 Å². The number of hydrogen-bond acceptors (Lipinski definition) is 3. The number of phenols is 1. The lowest BCUT2D eigenvalue weighted by Gasteiger charge is -2.17. The Labute approximate surface area is 142 Å². The van der Waals surface area contributed by atoms with Crippen LogP contribution in [0.25, 0.3) is 22.0 Å². The van der Waals surface area contributed by atoms with E-state index in [9.17, 15) is 9.50 Å². The van der Waals surface area contributed by atoms with Crippen molar-refractivity contribution in [3.63, 3.8) is 0 Å². The molecule has 6 heteroatoms. The van der Waals surface area contributed by atoms with Crippen molar-refractivity contribution in [2.75, 3.05) is 0 Å². The van der Waals surface area contributed by atoms with E-state index in [1.807, 2.05) is 13.8 Å². The molecule has 0 aliphatic heterocycles. The lowest BCUT2D eigenvalue weighted by atomic mass is 9.93. The molecule has 124 valence electrons. The van der Waals surface area contributed by atoms with Crippen molar-refractivity contribution in [2.45, 2.75) is 20.3 Å². The summed E-state index contributed by atoms with van der Waals surface area (Å²) >= 11 is 6.44. The number of nitrogens with zero attached hydrogens (tertiary/aromatic N) is 2. The first kappa shape index (κ1) is 16.6. The Bertz CT molecular complexity index is 908. The van der Waals surface area contributed by atoms with E-state index in [1.165, 1.54) is 24.7 Å². The van der Waals surface area contributed by atoms with Crippen molar-refractivity contribution >= 4 is 22.5 Å². The van der Waals surface area contributed by atoms with E-state index >= 15 is 4.39 Å². The average molecular weight is 349 g/mol. The second kappa shape index (κ2) is 6.32. The highest BCUT2D eigenvalue weighted by Gasteiger charge is 2.25. The van der Waals surface area contributed by atoms with Crippen molar-refractivity contribution < 1.29 is 13.9 Å². The second-order valence-electron chi connectivity index (χ2n) is 6.00. The lowest BCUT2D eigenvalue weighted by Crippen LogP contribution is -2.03. The van der Waals surface area contributed by atoms with Gasteiger partial charge in [0, 0.05) is 17.1 Å². The highest BCUT2D eigenvalue weighted by Crippen LogP contribution is 2.43. The molecule has 2 aromatic carbocycles. The quantitative estimate of drug-likeness (QED) is 0.713. The van der Waals surface area contributed by atoms with Crippen LogP contribution in [0.15, 0.2) is 30.7 Å². The van der Waals surface area contributed by atoms with Crippen molar-refractivity contribution in [3.05, 3.63) is 52.9 Å². The minimum Gasteiger partial charge on any atom is -0.507 e. The van der Waals surface area contributed by atoms with Crippen molar-refractivity contribution in [1.82, 2.24) is 9.97 Å². The number of aromatic hydroxyl groups is 1. The van der Waals surface area contributed by atoms with Crippen LogP contribution in [-0.4, -0.2) is 15.1 Å². The fourth-order valence-corrected chi connectivity index (χ4v) is 3.15. The van der Waals surface area contributed by atoms with E-state index in [0.29, 0.717) is 17.4 Å². The molecule has 24 heavy (non-hydrogen) atoms. The number of hydrogen-bond donors (Lipinski definition) is 1. The van der Waals surface area contributed by atoms with Gasteiger partial charge in [-0.2, -0.15) is 0 Å². The van der Waals surface area contributed by atoms with Crippen LogP contribution in [0.3, 0.4) is 0 Å². The van der Waals surface area contributed by atoms with Gasteiger partial charge in [0.2, 0.25) is 0 Å². The van der Waals surface area contributed by atoms with Crippen LogP contribution in [0.1, 0.15) is 19.4 Å². The zero-order valence-electron chi connectivity index (χ0n) is 13.1. The lowest BCUT2D eigenvalue weighted by molar-refractivity contribution is 0.471. The van der Waals surface area contributed by atoms with E-state index in [0.717, 1.165) is 6.07 Å². The predicted octanol–water partition coefficient (Wildman–Crippen LogP) is 5.13. The van der Waals surface area contributed by atoms with Crippen LogP contribution in [-0.2, 0) is 6.42 Å². The normalized spacial score (nSPS) is 11.4. The van der Waals surface area contributed by atoms with Crippen LogP contribution < -0.4 is 0 Å². The SMILES string of the molecule is CC(C)Cc1c(Cl)c(-c2c(O)cccc2F)c(F)c2ncncc12. The molecule has 0 aliphatic rings. The van der Waals surface area contributed by atoms with Gasteiger partial charge in [0.25, 0.3) is 0 Å². The summed E-state index contributed by atoms with van der Waals surface area (Å²) in [6, 6.07) is 3.79. The third kappa shape index (κ3) is 2.69. The van der Waals surface area contributed by atoms with Crippen LogP contribution in [0.4, 0.5) is 8.78 Å². The molecule has 0 bridgehead atoms.